The Morgan fingerprint density at radius 3 is 2.40 bits per heavy atom. The lowest BCUT2D eigenvalue weighted by atomic mass is 9.95. The smallest absolute Gasteiger partial charge is 0.295 e. The van der Waals surface area contributed by atoms with Gasteiger partial charge in [-0.05, 0) is 63.8 Å². The topological polar surface area (TPSA) is 83.0 Å². The second kappa shape index (κ2) is 9.54. The second-order valence-electron chi connectivity index (χ2n) is 7.39. The van der Waals surface area contributed by atoms with Crippen LogP contribution >= 0.6 is 0 Å². The number of pyridine rings is 1. The van der Waals surface area contributed by atoms with E-state index in [0.29, 0.717) is 30.9 Å². The van der Waals surface area contributed by atoms with E-state index >= 15 is 0 Å². The molecule has 7 nitrogen and oxygen atoms in total. The number of ketones is 1. The lowest BCUT2D eigenvalue weighted by molar-refractivity contribution is -0.139. The van der Waals surface area contributed by atoms with E-state index in [-0.39, 0.29) is 11.3 Å². The Morgan fingerprint density at radius 1 is 1.13 bits per heavy atom. The van der Waals surface area contributed by atoms with Gasteiger partial charge in [0.05, 0.1) is 18.2 Å². The largest absolute Gasteiger partial charge is 0.507 e. The Kier molecular flexibility index (Phi) is 6.84. The third kappa shape index (κ3) is 4.52. The molecule has 0 bridgehead atoms. The summed E-state index contributed by atoms with van der Waals surface area (Å²) in [5.74, 6) is -0.749. The third-order valence-electron chi connectivity index (χ3n) is 5.00. The number of ether oxygens (including phenoxy) is 1. The molecule has 1 atom stereocenters. The van der Waals surface area contributed by atoms with Crippen molar-refractivity contribution in [2.75, 3.05) is 33.8 Å². The second-order valence-corrected chi connectivity index (χ2v) is 7.39. The lowest BCUT2D eigenvalue weighted by Gasteiger charge is -2.26. The number of hydrogen-bond acceptors (Lipinski definition) is 6. The van der Waals surface area contributed by atoms with Gasteiger partial charge in [0.1, 0.15) is 11.5 Å². The average molecular weight is 409 g/mol. The first-order valence-corrected chi connectivity index (χ1v) is 10.00. The van der Waals surface area contributed by atoms with Gasteiger partial charge in [-0.3, -0.25) is 14.6 Å². The highest BCUT2D eigenvalue weighted by Crippen LogP contribution is 2.39. The van der Waals surface area contributed by atoms with Gasteiger partial charge < -0.3 is 19.6 Å². The summed E-state index contributed by atoms with van der Waals surface area (Å²) in [6, 6.07) is 9.86. The Hall–Kier alpha value is -3.19. The van der Waals surface area contributed by atoms with E-state index in [1.165, 1.54) is 12.4 Å². The van der Waals surface area contributed by atoms with Crippen LogP contribution in [0.3, 0.4) is 0 Å². The Morgan fingerprint density at radius 2 is 1.80 bits per heavy atom. The number of carbonyl (C=O) groups is 2. The number of aliphatic hydroxyl groups is 1. The van der Waals surface area contributed by atoms with E-state index < -0.39 is 17.7 Å². The van der Waals surface area contributed by atoms with Crippen molar-refractivity contribution in [1.82, 2.24) is 14.8 Å². The number of likely N-dealkylation sites (tertiary alicyclic amines) is 1. The summed E-state index contributed by atoms with van der Waals surface area (Å²) in [7, 11) is 3.92. The fourth-order valence-corrected chi connectivity index (χ4v) is 3.59. The molecule has 1 aromatic heterocycles. The van der Waals surface area contributed by atoms with Crippen LogP contribution in [0.15, 0.2) is 54.4 Å². The first kappa shape index (κ1) is 21.5. The van der Waals surface area contributed by atoms with Crippen LogP contribution in [0, 0.1) is 0 Å². The molecule has 1 aliphatic heterocycles. The SMILES string of the molecule is CCOc1ccc([C@@H]2C(=C(O)c3ccncc3)C(=O)C(=O)N2CCCN(C)C)cc1. The van der Waals surface area contributed by atoms with E-state index in [1.807, 2.05) is 50.2 Å². The van der Waals surface area contributed by atoms with Gasteiger partial charge >= 0.3 is 0 Å². The van der Waals surface area contributed by atoms with Gasteiger partial charge in [0.2, 0.25) is 0 Å². The zero-order chi connectivity index (χ0) is 21.7. The minimum atomic E-state index is -0.673. The predicted molar refractivity (Wildman–Crippen MR) is 114 cm³/mol. The van der Waals surface area contributed by atoms with Gasteiger partial charge in [-0.25, -0.2) is 0 Å². The molecular formula is C23H27N3O4. The zero-order valence-corrected chi connectivity index (χ0v) is 17.5. The van der Waals surface area contributed by atoms with Gasteiger partial charge in [-0.15, -0.1) is 0 Å². The summed E-state index contributed by atoms with van der Waals surface area (Å²) in [6.45, 7) is 3.64. The lowest BCUT2D eigenvalue weighted by Crippen LogP contribution is -2.32. The highest BCUT2D eigenvalue weighted by Gasteiger charge is 2.45. The van der Waals surface area contributed by atoms with E-state index in [9.17, 15) is 14.7 Å². The van der Waals surface area contributed by atoms with E-state index in [4.69, 9.17) is 4.74 Å². The molecule has 0 saturated carbocycles. The first-order chi connectivity index (χ1) is 14.4. The molecule has 0 radical (unpaired) electrons. The van der Waals surface area contributed by atoms with E-state index in [1.54, 1.807) is 17.0 Å². The molecule has 1 N–H and O–H groups in total. The number of aromatic nitrogens is 1. The Labute approximate surface area is 176 Å². The van der Waals surface area contributed by atoms with E-state index in [0.717, 1.165) is 12.1 Å². The number of Topliss-reactive ketones (excluding diaryl/α,β-unsaturated/α-hetero) is 1. The fourth-order valence-electron chi connectivity index (χ4n) is 3.59. The van der Waals surface area contributed by atoms with Crippen molar-refractivity contribution in [3.8, 4) is 5.75 Å². The summed E-state index contributed by atoms with van der Waals surface area (Å²) < 4.78 is 5.51. The molecule has 1 aliphatic rings. The molecule has 1 saturated heterocycles. The van der Waals surface area contributed by atoms with Gasteiger partial charge in [0.25, 0.3) is 11.7 Å². The zero-order valence-electron chi connectivity index (χ0n) is 17.5. The van der Waals surface area contributed by atoms with Crippen LogP contribution in [-0.2, 0) is 9.59 Å². The van der Waals surface area contributed by atoms with Crippen molar-refractivity contribution in [2.45, 2.75) is 19.4 Å². The molecule has 1 amide bonds. The number of hydrogen-bond donors (Lipinski definition) is 1. The predicted octanol–water partition coefficient (Wildman–Crippen LogP) is 2.85. The van der Waals surface area contributed by atoms with Crippen molar-refractivity contribution in [2.24, 2.45) is 0 Å². The average Bonchev–Trinajstić information content (AvgIpc) is 2.99. The van der Waals surface area contributed by atoms with Gasteiger partial charge in [-0.1, -0.05) is 12.1 Å². The fraction of sp³-hybridized carbons (Fsp3) is 0.348. The first-order valence-electron chi connectivity index (χ1n) is 10.00. The highest BCUT2D eigenvalue weighted by molar-refractivity contribution is 6.46. The summed E-state index contributed by atoms with van der Waals surface area (Å²) in [6.07, 6.45) is 3.78. The van der Waals surface area contributed by atoms with Crippen LogP contribution in [0.1, 0.15) is 30.5 Å². The molecule has 30 heavy (non-hydrogen) atoms. The maximum atomic E-state index is 12.9. The summed E-state index contributed by atoms with van der Waals surface area (Å²) in [4.78, 5) is 33.3. The van der Waals surface area contributed by atoms with Crippen molar-refractivity contribution in [1.29, 1.82) is 0 Å². The molecule has 7 heteroatoms. The van der Waals surface area contributed by atoms with Gasteiger partial charge in [-0.2, -0.15) is 0 Å². The van der Waals surface area contributed by atoms with Gasteiger partial charge in [0, 0.05) is 24.5 Å². The number of amides is 1. The molecule has 2 heterocycles. The number of nitrogens with zero attached hydrogens (tertiary/aromatic N) is 3. The molecule has 2 aromatic rings. The van der Waals surface area contributed by atoms with Crippen molar-refractivity contribution < 1.29 is 19.4 Å². The normalized spacial score (nSPS) is 18.3. The highest BCUT2D eigenvalue weighted by atomic mass is 16.5. The van der Waals surface area contributed by atoms with Gasteiger partial charge in [0.15, 0.2) is 0 Å². The number of carbonyl (C=O) groups excluding carboxylic acids is 2. The van der Waals surface area contributed by atoms with Crippen molar-refractivity contribution in [3.63, 3.8) is 0 Å². The van der Waals surface area contributed by atoms with Crippen LogP contribution in [0.5, 0.6) is 5.75 Å². The summed E-state index contributed by atoms with van der Waals surface area (Å²) >= 11 is 0. The summed E-state index contributed by atoms with van der Waals surface area (Å²) in [5.41, 5.74) is 1.30. The molecule has 0 spiro atoms. The molecule has 0 unspecified atom stereocenters. The maximum Gasteiger partial charge on any atom is 0.295 e. The molecule has 3 rings (SSSR count). The van der Waals surface area contributed by atoms with Crippen LogP contribution in [-0.4, -0.2) is 65.4 Å². The molecule has 0 aliphatic carbocycles. The standard InChI is InChI=1S/C23H27N3O4/c1-4-30-18-8-6-16(7-9-18)20-19(21(27)17-10-12-24-13-11-17)22(28)23(29)26(20)15-5-14-25(2)3/h6-13,20,27H,4-5,14-15H2,1-3H3/t20-/m1/s1. The number of aliphatic hydroxyl groups excluding tert-OH is 1. The van der Waals surface area contributed by atoms with Crippen LogP contribution in [0.4, 0.5) is 0 Å². The van der Waals surface area contributed by atoms with Crippen molar-refractivity contribution >= 4 is 17.4 Å². The van der Waals surface area contributed by atoms with Crippen LogP contribution in [0.25, 0.3) is 5.76 Å². The van der Waals surface area contributed by atoms with Crippen LogP contribution in [0.2, 0.25) is 0 Å². The number of benzene rings is 1. The minimum absolute atomic E-state index is 0.0974. The Bertz CT molecular complexity index is 923. The number of rotatable bonds is 8. The molecular weight excluding hydrogens is 382 g/mol. The molecule has 1 fully saturated rings. The van der Waals surface area contributed by atoms with Crippen molar-refractivity contribution in [3.05, 3.63) is 65.5 Å². The quantitative estimate of drug-likeness (QED) is 0.410. The summed E-state index contributed by atoms with van der Waals surface area (Å²) in [5, 5.41) is 10.9. The van der Waals surface area contributed by atoms with Crippen LogP contribution < -0.4 is 4.74 Å². The Balaban J connectivity index is 2.05. The molecule has 1 aromatic carbocycles. The monoisotopic (exact) mass is 409 g/mol. The third-order valence-corrected chi connectivity index (χ3v) is 5.00. The van der Waals surface area contributed by atoms with E-state index in [2.05, 4.69) is 4.98 Å². The molecule has 158 valence electrons. The maximum absolute atomic E-state index is 12.9. The minimum Gasteiger partial charge on any atom is -0.507 e.